The predicted octanol–water partition coefficient (Wildman–Crippen LogP) is 2.96. The number of hydrogen-bond acceptors (Lipinski definition) is 10. The van der Waals surface area contributed by atoms with Crippen molar-refractivity contribution >= 4 is 16.0 Å². The first-order valence-corrected chi connectivity index (χ1v) is 12.8. The van der Waals surface area contributed by atoms with Gasteiger partial charge in [0.2, 0.25) is 21.9 Å². The molecule has 37 heavy (non-hydrogen) atoms. The topological polar surface area (TPSA) is 143 Å². The number of rotatable bonds is 10. The minimum atomic E-state index is -4.08. The smallest absolute Gasteiger partial charge is 0.243 e. The van der Waals surface area contributed by atoms with Gasteiger partial charge >= 0.3 is 0 Å². The van der Waals surface area contributed by atoms with E-state index in [1.54, 1.807) is 54.9 Å². The third kappa shape index (κ3) is 5.37. The van der Waals surface area contributed by atoms with Gasteiger partial charge in [0, 0.05) is 25.6 Å². The first-order chi connectivity index (χ1) is 17.8. The third-order valence-corrected chi connectivity index (χ3v) is 7.30. The summed E-state index contributed by atoms with van der Waals surface area (Å²) in [4.78, 5) is 12.9. The number of aryl methyl sites for hydroxylation is 1. The molecule has 0 radical (unpaired) electrons. The van der Waals surface area contributed by atoms with Crippen molar-refractivity contribution in [2.45, 2.75) is 25.2 Å². The van der Waals surface area contributed by atoms with Gasteiger partial charge in [0.05, 0.1) is 19.9 Å². The third-order valence-electron chi connectivity index (χ3n) is 5.61. The van der Waals surface area contributed by atoms with Crippen LogP contribution in [0.5, 0.6) is 11.6 Å². The summed E-state index contributed by atoms with van der Waals surface area (Å²) in [6.45, 7) is 3.35. The Hall–Kier alpha value is -4.10. The van der Waals surface area contributed by atoms with E-state index < -0.39 is 21.4 Å². The maximum Gasteiger partial charge on any atom is 0.243 e. The van der Waals surface area contributed by atoms with Crippen molar-refractivity contribution in [3.63, 3.8) is 0 Å². The van der Waals surface area contributed by atoms with Gasteiger partial charge < -0.3 is 14.2 Å². The molecule has 2 atom stereocenters. The van der Waals surface area contributed by atoms with Crippen LogP contribution in [0.4, 0.5) is 5.95 Å². The Morgan fingerprint density at radius 2 is 1.68 bits per heavy atom. The highest BCUT2D eigenvalue weighted by Gasteiger charge is 2.34. The average Bonchev–Trinajstić information content (AvgIpc) is 3.32. The summed E-state index contributed by atoms with van der Waals surface area (Å²) in [5.74, 6) is 1.31. The SMILES string of the molecule is COc1cccc(-c2nnc(NS(=O)(=O)[C@@H](C)[C@H](OC)c3ncc(C)cn3)n2-c2ccccc2OC)n1. The van der Waals surface area contributed by atoms with E-state index in [-0.39, 0.29) is 17.6 Å². The fourth-order valence-corrected chi connectivity index (χ4v) is 4.78. The Kier molecular flexibility index (Phi) is 7.64. The molecule has 12 nitrogen and oxygen atoms in total. The molecule has 4 rings (SSSR count). The average molecular weight is 526 g/mol. The summed E-state index contributed by atoms with van der Waals surface area (Å²) in [6.07, 6.45) is 2.28. The van der Waals surface area contributed by atoms with Gasteiger partial charge in [-0.25, -0.2) is 23.4 Å². The lowest BCUT2D eigenvalue weighted by Gasteiger charge is -2.22. The van der Waals surface area contributed by atoms with Crippen LogP contribution in [0, 0.1) is 6.92 Å². The molecule has 194 valence electrons. The van der Waals surface area contributed by atoms with E-state index >= 15 is 0 Å². The van der Waals surface area contributed by atoms with E-state index in [0.29, 0.717) is 23.0 Å². The summed E-state index contributed by atoms with van der Waals surface area (Å²) >= 11 is 0. The monoisotopic (exact) mass is 525 g/mol. The van der Waals surface area contributed by atoms with E-state index in [9.17, 15) is 8.42 Å². The highest BCUT2D eigenvalue weighted by atomic mass is 32.2. The molecule has 0 saturated carbocycles. The fourth-order valence-electron chi connectivity index (χ4n) is 3.65. The lowest BCUT2D eigenvalue weighted by atomic mass is 10.2. The molecule has 0 fully saturated rings. The molecule has 0 spiro atoms. The number of benzene rings is 1. The van der Waals surface area contributed by atoms with Gasteiger partial charge in [-0.3, -0.25) is 9.29 Å². The second-order valence-electron chi connectivity index (χ2n) is 8.05. The molecule has 4 aromatic rings. The van der Waals surface area contributed by atoms with Crippen LogP contribution >= 0.6 is 0 Å². The molecule has 1 aromatic carbocycles. The minimum absolute atomic E-state index is 0.0596. The molecular weight excluding hydrogens is 498 g/mol. The summed E-state index contributed by atoms with van der Waals surface area (Å²) in [5, 5.41) is 7.32. The molecule has 0 aliphatic rings. The number of pyridine rings is 1. The zero-order valence-corrected chi connectivity index (χ0v) is 21.8. The van der Waals surface area contributed by atoms with Crippen LogP contribution in [-0.2, 0) is 14.8 Å². The van der Waals surface area contributed by atoms with E-state index in [2.05, 4.69) is 29.9 Å². The van der Waals surface area contributed by atoms with Crippen LogP contribution in [0.2, 0.25) is 0 Å². The van der Waals surface area contributed by atoms with Gasteiger partial charge in [-0.2, -0.15) is 0 Å². The van der Waals surface area contributed by atoms with E-state index in [4.69, 9.17) is 14.2 Å². The molecule has 3 heterocycles. The van der Waals surface area contributed by atoms with Crippen LogP contribution in [-0.4, -0.2) is 64.7 Å². The highest BCUT2D eigenvalue weighted by Crippen LogP contribution is 2.32. The molecule has 1 N–H and O–H groups in total. The minimum Gasteiger partial charge on any atom is -0.495 e. The lowest BCUT2D eigenvalue weighted by molar-refractivity contribution is 0.0949. The highest BCUT2D eigenvalue weighted by molar-refractivity contribution is 7.93. The number of sulfonamides is 1. The number of para-hydroxylation sites is 2. The van der Waals surface area contributed by atoms with Gasteiger partial charge in [-0.15, -0.1) is 10.2 Å². The van der Waals surface area contributed by atoms with Crippen LogP contribution in [0.3, 0.4) is 0 Å². The van der Waals surface area contributed by atoms with Crippen molar-refractivity contribution in [3.8, 4) is 28.8 Å². The van der Waals surface area contributed by atoms with Crippen LogP contribution in [0.25, 0.3) is 17.2 Å². The second-order valence-corrected chi connectivity index (χ2v) is 10.1. The molecule has 0 unspecified atom stereocenters. The first kappa shape index (κ1) is 26.0. The molecule has 0 bridgehead atoms. The fraction of sp³-hybridized carbons (Fsp3) is 0.292. The molecule has 13 heteroatoms. The Morgan fingerprint density at radius 1 is 0.946 bits per heavy atom. The van der Waals surface area contributed by atoms with E-state index in [0.717, 1.165) is 5.56 Å². The van der Waals surface area contributed by atoms with Crippen LogP contribution in [0.15, 0.2) is 54.9 Å². The van der Waals surface area contributed by atoms with Gasteiger partial charge in [-0.1, -0.05) is 18.2 Å². The Labute approximate surface area is 214 Å². The molecule has 0 saturated heterocycles. The van der Waals surface area contributed by atoms with Crippen molar-refractivity contribution in [2.24, 2.45) is 0 Å². The van der Waals surface area contributed by atoms with Gasteiger partial charge in [0.15, 0.2) is 11.6 Å². The standard InChI is InChI=1S/C24H27N7O5S/c1-15-13-25-22(26-14-15)21(36-5)16(2)37(32,33)30-24-29-28-23(17-9-8-12-20(27-17)35-4)31(24)18-10-6-7-11-19(18)34-3/h6-14,16,21H,1-5H3,(H,29,30)/t16-,21-/m0/s1. The summed E-state index contributed by atoms with van der Waals surface area (Å²) in [5.41, 5.74) is 1.76. The predicted molar refractivity (Wildman–Crippen MR) is 136 cm³/mol. The van der Waals surface area contributed by atoms with Crippen molar-refractivity contribution in [2.75, 3.05) is 26.1 Å². The first-order valence-electron chi connectivity index (χ1n) is 11.2. The number of ether oxygens (including phenoxy) is 3. The normalized spacial score (nSPS) is 13.1. The van der Waals surface area contributed by atoms with E-state index in [1.807, 2.05) is 6.92 Å². The van der Waals surface area contributed by atoms with Crippen molar-refractivity contribution in [3.05, 3.63) is 66.2 Å². The lowest BCUT2D eigenvalue weighted by Crippen LogP contribution is -2.33. The zero-order valence-electron chi connectivity index (χ0n) is 21.0. The molecule has 0 amide bonds. The van der Waals surface area contributed by atoms with Gasteiger partial charge in [0.1, 0.15) is 22.8 Å². The number of hydrogen-bond donors (Lipinski definition) is 1. The zero-order chi connectivity index (χ0) is 26.6. The van der Waals surface area contributed by atoms with Crippen molar-refractivity contribution in [1.82, 2.24) is 29.7 Å². The molecule has 0 aliphatic heterocycles. The largest absolute Gasteiger partial charge is 0.495 e. The summed E-state index contributed by atoms with van der Waals surface area (Å²) < 4.78 is 47.4. The number of methoxy groups -OCH3 is 3. The number of nitrogens with one attached hydrogen (secondary N) is 1. The van der Waals surface area contributed by atoms with E-state index in [1.165, 1.54) is 32.8 Å². The Morgan fingerprint density at radius 3 is 2.35 bits per heavy atom. The number of nitrogens with zero attached hydrogens (tertiary/aromatic N) is 6. The maximum atomic E-state index is 13.5. The summed E-state index contributed by atoms with van der Waals surface area (Å²) in [6, 6.07) is 12.2. The van der Waals surface area contributed by atoms with Gasteiger partial charge in [0.25, 0.3) is 0 Å². The van der Waals surface area contributed by atoms with Crippen LogP contribution in [0.1, 0.15) is 24.4 Å². The Balaban J connectivity index is 1.79. The molecule has 0 aliphatic carbocycles. The molecular formula is C24H27N7O5S. The van der Waals surface area contributed by atoms with Crippen molar-refractivity contribution in [1.29, 1.82) is 0 Å². The second kappa shape index (κ2) is 10.9. The van der Waals surface area contributed by atoms with Gasteiger partial charge in [-0.05, 0) is 37.6 Å². The summed E-state index contributed by atoms with van der Waals surface area (Å²) in [7, 11) is 0.347. The van der Waals surface area contributed by atoms with Crippen LogP contribution < -0.4 is 14.2 Å². The van der Waals surface area contributed by atoms with Crippen molar-refractivity contribution < 1.29 is 22.6 Å². The molecule has 3 aromatic heterocycles. The number of anilines is 1. The number of aromatic nitrogens is 6. The quantitative estimate of drug-likeness (QED) is 0.328. The maximum absolute atomic E-state index is 13.5. The Bertz CT molecular complexity index is 1480.